The highest BCUT2D eigenvalue weighted by Crippen LogP contribution is 2.24. The van der Waals surface area contributed by atoms with Crippen LogP contribution >= 0.6 is 0 Å². The number of phenolic OH excluding ortho intramolecular Hbond substituents is 2. The largest absolute Gasteiger partial charge is 0.504 e. The van der Waals surface area contributed by atoms with E-state index in [2.05, 4.69) is 12.2 Å². The highest BCUT2D eigenvalue weighted by atomic mass is 16.3. The SMILES string of the molecule is CCCC(CCO)CNCc1ccc(O)c(O)c1. The lowest BCUT2D eigenvalue weighted by Crippen LogP contribution is -2.23. The van der Waals surface area contributed by atoms with E-state index in [0.717, 1.165) is 31.4 Å². The van der Waals surface area contributed by atoms with Crippen molar-refractivity contribution in [2.45, 2.75) is 32.7 Å². The third kappa shape index (κ3) is 4.94. The minimum atomic E-state index is -0.0945. The summed E-state index contributed by atoms with van der Waals surface area (Å²) in [7, 11) is 0. The Kier molecular flexibility index (Phi) is 6.54. The minimum Gasteiger partial charge on any atom is -0.504 e. The fourth-order valence-electron chi connectivity index (χ4n) is 2.04. The molecule has 1 unspecified atom stereocenters. The van der Waals surface area contributed by atoms with Crippen LogP contribution in [-0.4, -0.2) is 28.5 Å². The second kappa shape index (κ2) is 7.95. The average molecular weight is 253 g/mol. The van der Waals surface area contributed by atoms with E-state index in [-0.39, 0.29) is 18.1 Å². The summed E-state index contributed by atoms with van der Waals surface area (Å²) in [6.07, 6.45) is 3.04. The lowest BCUT2D eigenvalue weighted by molar-refractivity contribution is 0.248. The molecule has 4 heteroatoms. The summed E-state index contributed by atoms with van der Waals surface area (Å²) < 4.78 is 0. The average Bonchev–Trinajstić information content (AvgIpc) is 2.34. The van der Waals surface area contributed by atoms with Crippen molar-refractivity contribution in [3.63, 3.8) is 0 Å². The van der Waals surface area contributed by atoms with E-state index in [9.17, 15) is 10.2 Å². The number of hydrogen-bond acceptors (Lipinski definition) is 4. The number of aromatic hydroxyl groups is 2. The Morgan fingerprint density at radius 2 is 1.94 bits per heavy atom. The van der Waals surface area contributed by atoms with Gasteiger partial charge in [0.25, 0.3) is 0 Å². The zero-order valence-electron chi connectivity index (χ0n) is 10.9. The van der Waals surface area contributed by atoms with Crippen LogP contribution in [0.2, 0.25) is 0 Å². The third-order valence-corrected chi connectivity index (χ3v) is 3.04. The van der Waals surface area contributed by atoms with Crippen LogP contribution in [0.5, 0.6) is 11.5 Å². The van der Waals surface area contributed by atoms with Crippen LogP contribution in [-0.2, 0) is 6.54 Å². The molecule has 18 heavy (non-hydrogen) atoms. The number of aliphatic hydroxyl groups is 1. The summed E-state index contributed by atoms with van der Waals surface area (Å²) in [4.78, 5) is 0. The van der Waals surface area contributed by atoms with E-state index in [1.54, 1.807) is 12.1 Å². The normalized spacial score (nSPS) is 12.6. The van der Waals surface area contributed by atoms with Crippen molar-refractivity contribution >= 4 is 0 Å². The number of phenols is 2. The fraction of sp³-hybridized carbons (Fsp3) is 0.571. The van der Waals surface area contributed by atoms with Crippen molar-refractivity contribution < 1.29 is 15.3 Å². The summed E-state index contributed by atoms with van der Waals surface area (Å²) in [5.41, 5.74) is 0.935. The Hall–Kier alpha value is -1.26. The van der Waals surface area contributed by atoms with E-state index in [0.29, 0.717) is 12.5 Å². The van der Waals surface area contributed by atoms with Crippen LogP contribution in [0.3, 0.4) is 0 Å². The zero-order chi connectivity index (χ0) is 13.4. The van der Waals surface area contributed by atoms with Gasteiger partial charge in [-0.1, -0.05) is 19.4 Å². The lowest BCUT2D eigenvalue weighted by atomic mass is 10.0. The van der Waals surface area contributed by atoms with Gasteiger partial charge < -0.3 is 20.6 Å². The van der Waals surface area contributed by atoms with Crippen LogP contribution in [0.15, 0.2) is 18.2 Å². The predicted molar refractivity (Wildman–Crippen MR) is 71.6 cm³/mol. The first-order chi connectivity index (χ1) is 8.67. The zero-order valence-corrected chi connectivity index (χ0v) is 10.9. The molecule has 1 rings (SSSR count). The Labute approximate surface area is 108 Å². The highest BCUT2D eigenvalue weighted by molar-refractivity contribution is 5.40. The van der Waals surface area contributed by atoms with Crippen LogP contribution in [0, 0.1) is 5.92 Å². The first-order valence-electron chi connectivity index (χ1n) is 6.49. The molecule has 0 aliphatic heterocycles. The number of hydrogen-bond donors (Lipinski definition) is 4. The number of aliphatic hydroxyl groups excluding tert-OH is 1. The molecular weight excluding hydrogens is 230 g/mol. The molecule has 1 aromatic rings. The summed E-state index contributed by atoms with van der Waals surface area (Å²) in [5.74, 6) is 0.309. The molecule has 0 spiro atoms. The van der Waals surface area contributed by atoms with Crippen molar-refractivity contribution in [3.05, 3.63) is 23.8 Å². The molecule has 1 aromatic carbocycles. The predicted octanol–water partition coefficient (Wildman–Crippen LogP) is 1.99. The fourth-order valence-corrected chi connectivity index (χ4v) is 2.04. The molecule has 0 fully saturated rings. The number of nitrogens with one attached hydrogen (secondary N) is 1. The quantitative estimate of drug-likeness (QED) is 0.535. The summed E-state index contributed by atoms with van der Waals surface area (Å²) in [5, 5.41) is 30.8. The van der Waals surface area contributed by atoms with E-state index in [1.165, 1.54) is 6.07 Å². The maximum Gasteiger partial charge on any atom is 0.157 e. The van der Waals surface area contributed by atoms with Crippen LogP contribution in [0.4, 0.5) is 0 Å². The summed E-state index contributed by atoms with van der Waals surface area (Å²) in [6, 6.07) is 4.83. The van der Waals surface area contributed by atoms with E-state index in [4.69, 9.17) is 5.11 Å². The molecule has 4 nitrogen and oxygen atoms in total. The van der Waals surface area contributed by atoms with Gasteiger partial charge in [0.05, 0.1) is 0 Å². The van der Waals surface area contributed by atoms with Gasteiger partial charge in [-0.2, -0.15) is 0 Å². The van der Waals surface area contributed by atoms with Gasteiger partial charge in [-0.3, -0.25) is 0 Å². The summed E-state index contributed by atoms with van der Waals surface area (Å²) >= 11 is 0. The molecule has 0 aromatic heterocycles. The maximum atomic E-state index is 9.37. The minimum absolute atomic E-state index is 0.0882. The van der Waals surface area contributed by atoms with Gasteiger partial charge in [0.2, 0.25) is 0 Å². The van der Waals surface area contributed by atoms with Gasteiger partial charge in [-0.15, -0.1) is 0 Å². The molecule has 0 saturated carbocycles. The highest BCUT2D eigenvalue weighted by Gasteiger charge is 2.07. The molecule has 0 amide bonds. The molecule has 0 heterocycles. The number of rotatable bonds is 8. The first kappa shape index (κ1) is 14.8. The van der Waals surface area contributed by atoms with Gasteiger partial charge in [0.15, 0.2) is 11.5 Å². The van der Waals surface area contributed by atoms with E-state index < -0.39 is 0 Å². The molecule has 0 aliphatic rings. The summed E-state index contributed by atoms with van der Waals surface area (Å²) in [6.45, 7) is 3.88. The molecule has 0 saturated heterocycles. The molecular formula is C14H23NO3. The molecule has 0 aliphatic carbocycles. The lowest BCUT2D eigenvalue weighted by Gasteiger charge is -2.15. The Bertz CT molecular complexity index is 349. The van der Waals surface area contributed by atoms with Crippen LogP contribution in [0.25, 0.3) is 0 Å². The van der Waals surface area contributed by atoms with Gasteiger partial charge in [0, 0.05) is 13.2 Å². The van der Waals surface area contributed by atoms with Crippen LogP contribution < -0.4 is 5.32 Å². The van der Waals surface area contributed by atoms with Crippen molar-refractivity contribution in [1.29, 1.82) is 0 Å². The Morgan fingerprint density at radius 3 is 2.56 bits per heavy atom. The molecule has 102 valence electrons. The Morgan fingerprint density at radius 1 is 1.17 bits per heavy atom. The van der Waals surface area contributed by atoms with E-state index in [1.807, 2.05) is 0 Å². The maximum absolute atomic E-state index is 9.37. The van der Waals surface area contributed by atoms with Crippen molar-refractivity contribution in [1.82, 2.24) is 5.32 Å². The molecule has 0 radical (unpaired) electrons. The number of benzene rings is 1. The van der Waals surface area contributed by atoms with Crippen molar-refractivity contribution in [3.8, 4) is 11.5 Å². The van der Waals surface area contributed by atoms with E-state index >= 15 is 0 Å². The van der Waals surface area contributed by atoms with Crippen molar-refractivity contribution in [2.75, 3.05) is 13.2 Å². The van der Waals surface area contributed by atoms with Crippen LogP contribution in [0.1, 0.15) is 31.7 Å². The second-order valence-electron chi connectivity index (χ2n) is 4.62. The molecule has 1 atom stereocenters. The van der Waals surface area contributed by atoms with Crippen molar-refractivity contribution in [2.24, 2.45) is 5.92 Å². The van der Waals surface area contributed by atoms with Gasteiger partial charge >= 0.3 is 0 Å². The molecule has 4 N–H and O–H groups in total. The van der Waals surface area contributed by atoms with Gasteiger partial charge in [-0.05, 0) is 43.0 Å². The topological polar surface area (TPSA) is 72.7 Å². The monoisotopic (exact) mass is 253 g/mol. The molecule has 0 bridgehead atoms. The first-order valence-corrected chi connectivity index (χ1v) is 6.49. The standard InChI is InChI=1S/C14H23NO3/c1-2-3-11(6-7-16)9-15-10-12-4-5-13(17)14(18)8-12/h4-5,8,11,15-18H,2-3,6-7,9-10H2,1H3. The van der Waals surface area contributed by atoms with Gasteiger partial charge in [0.1, 0.15) is 0 Å². The third-order valence-electron chi connectivity index (χ3n) is 3.04. The Balaban J connectivity index is 2.37. The second-order valence-corrected chi connectivity index (χ2v) is 4.62. The van der Waals surface area contributed by atoms with Gasteiger partial charge in [-0.25, -0.2) is 0 Å². The smallest absolute Gasteiger partial charge is 0.157 e.